The van der Waals surface area contributed by atoms with Crippen LogP contribution in [0.5, 0.6) is 0 Å². The van der Waals surface area contributed by atoms with Gasteiger partial charge in [0.15, 0.2) is 0 Å². The Morgan fingerprint density at radius 1 is 1.31 bits per heavy atom. The number of halogens is 1. The van der Waals surface area contributed by atoms with Crippen molar-refractivity contribution in [1.29, 1.82) is 0 Å². The second-order valence-electron chi connectivity index (χ2n) is 3.62. The van der Waals surface area contributed by atoms with E-state index in [4.69, 9.17) is 11.6 Å². The van der Waals surface area contributed by atoms with Crippen LogP contribution >= 0.6 is 11.6 Å². The van der Waals surface area contributed by atoms with Gasteiger partial charge >= 0.3 is 0 Å². The molecule has 0 heterocycles. The van der Waals surface area contributed by atoms with Crippen LogP contribution in [0.4, 0.5) is 0 Å². The first kappa shape index (κ1) is 13.7. The molecule has 0 aliphatic heterocycles. The number of nitrogens with one attached hydrogen (secondary N) is 1. The number of hydrogen-bond acceptors (Lipinski definition) is 2. The Labute approximate surface area is 105 Å². The van der Waals surface area contributed by atoms with Crippen LogP contribution < -0.4 is 5.32 Å². The first-order valence-electron chi connectivity index (χ1n) is 5.52. The van der Waals surface area contributed by atoms with Crippen molar-refractivity contribution >= 4 is 22.4 Å². The summed E-state index contributed by atoms with van der Waals surface area (Å²) in [4.78, 5) is 0. The lowest BCUT2D eigenvalue weighted by Gasteiger charge is -2.03. The Kier molecular flexibility index (Phi) is 6.69. The van der Waals surface area contributed by atoms with Crippen molar-refractivity contribution in [2.24, 2.45) is 0 Å². The van der Waals surface area contributed by atoms with Crippen molar-refractivity contribution in [2.45, 2.75) is 19.1 Å². The predicted molar refractivity (Wildman–Crippen MR) is 71.3 cm³/mol. The highest BCUT2D eigenvalue weighted by atomic mass is 35.5. The van der Waals surface area contributed by atoms with Crippen LogP contribution in [0.3, 0.4) is 0 Å². The van der Waals surface area contributed by atoms with E-state index in [0.29, 0.717) is 5.75 Å². The molecule has 90 valence electrons. The van der Waals surface area contributed by atoms with Gasteiger partial charge in [0, 0.05) is 27.3 Å². The SMILES string of the molecule is CCNCCCS(=O)Cc1ccc(Cl)cc1. The Balaban J connectivity index is 2.26. The molecule has 2 nitrogen and oxygen atoms in total. The summed E-state index contributed by atoms with van der Waals surface area (Å²) >= 11 is 5.78. The molecule has 1 atom stereocenters. The van der Waals surface area contributed by atoms with Crippen molar-refractivity contribution < 1.29 is 4.21 Å². The zero-order valence-electron chi connectivity index (χ0n) is 9.54. The monoisotopic (exact) mass is 259 g/mol. The molecule has 1 aromatic carbocycles. The van der Waals surface area contributed by atoms with Gasteiger partial charge in [-0.3, -0.25) is 4.21 Å². The minimum Gasteiger partial charge on any atom is -0.317 e. The van der Waals surface area contributed by atoms with E-state index in [-0.39, 0.29) is 0 Å². The topological polar surface area (TPSA) is 29.1 Å². The zero-order chi connectivity index (χ0) is 11.8. The highest BCUT2D eigenvalue weighted by molar-refractivity contribution is 7.84. The summed E-state index contributed by atoms with van der Waals surface area (Å²) in [7, 11) is -0.764. The van der Waals surface area contributed by atoms with Crippen LogP contribution in [-0.4, -0.2) is 23.1 Å². The van der Waals surface area contributed by atoms with Crippen LogP contribution in [0.2, 0.25) is 5.02 Å². The highest BCUT2D eigenvalue weighted by Gasteiger charge is 2.01. The quantitative estimate of drug-likeness (QED) is 0.763. The van der Waals surface area contributed by atoms with Gasteiger partial charge in [-0.05, 0) is 37.2 Å². The molecule has 1 unspecified atom stereocenters. The molecule has 16 heavy (non-hydrogen) atoms. The maximum absolute atomic E-state index is 11.7. The normalized spacial score (nSPS) is 12.6. The summed E-state index contributed by atoms with van der Waals surface area (Å²) in [5.74, 6) is 1.39. The van der Waals surface area contributed by atoms with Gasteiger partial charge in [0.25, 0.3) is 0 Å². The first-order valence-corrected chi connectivity index (χ1v) is 7.39. The van der Waals surface area contributed by atoms with Crippen molar-refractivity contribution in [3.8, 4) is 0 Å². The van der Waals surface area contributed by atoms with E-state index < -0.39 is 10.8 Å². The number of rotatable bonds is 7. The van der Waals surface area contributed by atoms with E-state index in [1.165, 1.54) is 0 Å². The highest BCUT2D eigenvalue weighted by Crippen LogP contribution is 2.11. The standard InChI is InChI=1S/C12H18ClNOS/c1-2-14-8-3-9-16(15)10-11-4-6-12(13)7-5-11/h4-7,14H,2-3,8-10H2,1H3. The van der Waals surface area contributed by atoms with Crippen molar-refractivity contribution in [3.05, 3.63) is 34.9 Å². The van der Waals surface area contributed by atoms with Crippen LogP contribution in [0, 0.1) is 0 Å². The van der Waals surface area contributed by atoms with Crippen LogP contribution in [-0.2, 0) is 16.6 Å². The van der Waals surface area contributed by atoms with Gasteiger partial charge in [0.1, 0.15) is 0 Å². The summed E-state index contributed by atoms with van der Waals surface area (Å²) in [6, 6.07) is 7.55. The summed E-state index contributed by atoms with van der Waals surface area (Å²) in [6.07, 6.45) is 0.966. The van der Waals surface area contributed by atoms with E-state index in [0.717, 1.165) is 35.8 Å². The molecule has 1 aromatic rings. The second-order valence-corrected chi connectivity index (χ2v) is 5.63. The average Bonchev–Trinajstić information content (AvgIpc) is 2.28. The van der Waals surface area contributed by atoms with Crippen molar-refractivity contribution in [2.75, 3.05) is 18.8 Å². The molecule has 0 saturated carbocycles. The number of benzene rings is 1. The number of hydrogen-bond donors (Lipinski definition) is 1. The van der Waals surface area contributed by atoms with E-state index in [1.807, 2.05) is 24.3 Å². The molecule has 4 heteroatoms. The lowest BCUT2D eigenvalue weighted by Crippen LogP contribution is -2.16. The molecule has 0 amide bonds. The Morgan fingerprint density at radius 2 is 2.00 bits per heavy atom. The van der Waals surface area contributed by atoms with Crippen LogP contribution in [0.25, 0.3) is 0 Å². The fourth-order valence-corrected chi connectivity index (χ4v) is 2.67. The molecule has 0 saturated heterocycles. The predicted octanol–water partition coefficient (Wildman–Crippen LogP) is 2.59. The van der Waals surface area contributed by atoms with E-state index in [1.54, 1.807) is 0 Å². The third kappa shape index (κ3) is 5.64. The van der Waals surface area contributed by atoms with Gasteiger partial charge in [-0.1, -0.05) is 30.7 Å². The van der Waals surface area contributed by atoms with Crippen LogP contribution in [0.1, 0.15) is 18.9 Å². The molecule has 0 aliphatic carbocycles. The van der Waals surface area contributed by atoms with Gasteiger partial charge < -0.3 is 5.32 Å². The Morgan fingerprint density at radius 3 is 2.62 bits per heavy atom. The minimum atomic E-state index is -0.764. The second kappa shape index (κ2) is 7.82. The first-order chi connectivity index (χ1) is 7.72. The largest absolute Gasteiger partial charge is 0.317 e. The third-order valence-corrected chi connectivity index (χ3v) is 3.87. The lowest BCUT2D eigenvalue weighted by atomic mass is 10.2. The van der Waals surface area contributed by atoms with Gasteiger partial charge in [-0.15, -0.1) is 0 Å². The maximum Gasteiger partial charge on any atom is 0.0485 e. The molecule has 1 N–H and O–H groups in total. The van der Waals surface area contributed by atoms with E-state index in [9.17, 15) is 4.21 Å². The van der Waals surface area contributed by atoms with Crippen LogP contribution in [0.15, 0.2) is 24.3 Å². The summed E-state index contributed by atoms with van der Waals surface area (Å²) in [5, 5.41) is 3.95. The van der Waals surface area contributed by atoms with E-state index in [2.05, 4.69) is 12.2 Å². The summed E-state index contributed by atoms with van der Waals surface area (Å²) < 4.78 is 11.7. The average molecular weight is 260 g/mol. The van der Waals surface area contributed by atoms with Crippen molar-refractivity contribution in [1.82, 2.24) is 5.32 Å². The van der Waals surface area contributed by atoms with Gasteiger partial charge in [0.05, 0.1) is 0 Å². The molecular formula is C12H18ClNOS. The Hall–Kier alpha value is -0.380. The molecule has 0 aromatic heterocycles. The fraction of sp³-hybridized carbons (Fsp3) is 0.500. The molecule has 0 spiro atoms. The minimum absolute atomic E-state index is 0.628. The lowest BCUT2D eigenvalue weighted by molar-refractivity contribution is 0.669. The molecule has 0 bridgehead atoms. The maximum atomic E-state index is 11.7. The summed E-state index contributed by atoms with van der Waals surface area (Å²) in [6.45, 7) is 4.00. The summed E-state index contributed by atoms with van der Waals surface area (Å²) in [5.41, 5.74) is 1.09. The zero-order valence-corrected chi connectivity index (χ0v) is 11.1. The molecule has 0 aliphatic rings. The van der Waals surface area contributed by atoms with Gasteiger partial charge in [-0.25, -0.2) is 0 Å². The molecular weight excluding hydrogens is 242 g/mol. The van der Waals surface area contributed by atoms with Gasteiger partial charge in [0.2, 0.25) is 0 Å². The third-order valence-electron chi connectivity index (χ3n) is 2.22. The Bertz CT molecular complexity index is 326. The van der Waals surface area contributed by atoms with Gasteiger partial charge in [-0.2, -0.15) is 0 Å². The molecule has 1 rings (SSSR count). The van der Waals surface area contributed by atoms with E-state index >= 15 is 0 Å². The smallest absolute Gasteiger partial charge is 0.0485 e. The molecule has 0 fully saturated rings. The van der Waals surface area contributed by atoms with Crippen molar-refractivity contribution in [3.63, 3.8) is 0 Å². The molecule has 0 radical (unpaired) electrons. The fourth-order valence-electron chi connectivity index (χ4n) is 1.37.